The van der Waals surface area contributed by atoms with Crippen LogP contribution in [0.3, 0.4) is 0 Å². The van der Waals surface area contributed by atoms with Gasteiger partial charge in [-0.15, -0.1) is 0 Å². The average molecular weight is 353 g/mol. The number of likely N-dealkylation sites (N-methyl/N-ethyl adjacent to an activating group) is 1. The maximum atomic E-state index is 12.6. The molecule has 0 aliphatic heterocycles. The highest BCUT2D eigenvalue weighted by atomic mass is 19.4. The Bertz CT molecular complexity index is 628. The Hall–Kier alpha value is -2.07. The first kappa shape index (κ1) is 19.3. The summed E-state index contributed by atoms with van der Waals surface area (Å²) in [5.74, 6) is -0.238. The summed E-state index contributed by atoms with van der Waals surface area (Å²) in [6.45, 7) is 0.440. The molecular formula is C18H22F3N3O. The highest BCUT2D eigenvalue weighted by Crippen LogP contribution is 2.29. The number of amides is 1. The van der Waals surface area contributed by atoms with Gasteiger partial charge in [0.05, 0.1) is 18.2 Å². The van der Waals surface area contributed by atoms with E-state index in [4.69, 9.17) is 0 Å². The number of carbonyl (C=O) groups is 1. The lowest BCUT2D eigenvalue weighted by Crippen LogP contribution is -2.51. The Kier molecular flexibility index (Phi) is 6.07. The topological polar surface area (TPSA) is 56.1 Å². The first-order valence-corrected chi connectivity index (χ1v) is 8.31. The van der Waals surface area contributed by atoms with Crippen LogP contribution in [0.5, 0.6) is 0 Å². The second-order valence-electron chi connectivity index (χ2n) is 6.67. The van der Waals surface area contributed by atoms with E-state index in [2.05, 4.69) is 11.4 Å². The number of rotatable bonds is 5. The standard InChI is InChI=1S/C18H22F3N3O/c1-24(11-14-5-7-15(8-6-14)18(19,20)21)12-16(25)23-17(13-22)9-3-2-4-10-17/h5-8H,2-4,9-12H2,1H3,(H,23,25). The molecular weight excluding hydrogens is 331 g/mol. The third-order valence-corrected chi connectivity index (χ3v) is 4.45. The predicted molar refractivity (Wildman–Crippen MR) is 87.3 cm³/mol. The van der Waals surface area contributed by atoms with Crippen LogP contribution >= 0.6 is 0 Å². The maximum Gasteiger partial charge on any atom is 0.416 e. The van der Waals surface area contributed by atoms with E-state index in [9.17, 15) is 23.2 Å². The van der Waals surface area contributed by atoms with E-state index in [0.717, 1.165) is 31.4 Å². The first-order chi connectivity index (χ1) is 11.7. The van der Waals surface area contributed by atoms with Gasteiger partial charge in [-0.05, 0) is 37.6 Å². The minimum atomic E-state index is -4.35. The molecule has 0 unspecified atom stereocenters. The lowest BCUT2D eigenvalue weighted by atomic mass is 9.83. The Balaban J connectivity index is 1.88. The molecule has 1 saturated carbocycles. The number of alkyl halides is 3. The zero-order chi connectivity index (χ0) is 18.5. The van der Waals surface area contributed by atoms with E-state index in [-0.39, 0.29) is 12.5 Å². The second kappa shape index (κ2) is 7.87. The van der Waals surface area contributed by atoms with Gasteiger partial charge in [0.1, 0.15) is 5.54 Å². The Morgan fingerprint density at radius 2 is 1.84 bits per heavy atom. The third kappa shape index (κ3) is 5.46. The third-order valence-electron chi connectivity index (χ3n) is 4.45. The SMILES string of the molecule is CN(CC(=O)NC1(C#N)CCCCC1)Cc1ccc(C(F)(F)F)cc1. The number of carbonyl (C=O) groups excluding carboxylic acids is 1. The van der Waals surface area contributed by atoms with Crippen molar-refractivity contribution in [2.75, 3.05) is 13.6 Å². The van der Waals surface area contributed by atoms with E-state index in [1.807, 2.05) is 0 Å². The van der Waals surface area contributed by atoms with Crippen molar-refractivity contribution >= 4 is 5.91 Å². The molecule has 0 saturated heterocycles. The number of nitrogens with zero attached hydrogens (tertiary/aromatic N) is 2. The fourth-order valence-corrected chi connectivity index (χ4v) is 3.14. The molecule has 1 N–H and O–H groups in total. The number of halogens is 3. The van der Waals surface area contributed by atoms with Crippen LogP contribution in [0.4, 0.5) is 13.2 Å². The molecule has 0 aromatic heterocycles. The molecule has 1 aromatic rings. The van der Waals surface area contributed by atoms with Gasteiger partial charge in [0.15, 0.2) is 0 Å². The van der Waals surface area contributed by atoms with Gasteiger partial charge in [0, 0.05) is 6.54 Å². The van der Waals surface area contributed by atoms with Crippen molar-refractivity contribution in [2.24, 2.45) is 0 Å². The number of nitrogens with one attached hydrogen (secondary N) is 1. The van der Waals surface area contributed by atoms with E-state index in [1.165, 1.54) is 12.1 Å². The highest BCUT2D eigenvalue weighted by Gasteiger charge is 2.33. The minimum absolute atomic E-state index is 0.0878. The van der Waals surface area contributed by atoms with E-state index >= 15 is 0 Å². The van der Waals surface area contributed by atoms with Gasteiger partial charge in [-0.25, -0.2) is 0 Å². The molecule has 0 atom stereocenters. The van der Waals surface area contributed by atoms with Gasteiger partial charge in [-0.2, -0.15) is 18.4 Å². The Morgan fingerprint density at radius 1 is 1.24 bits per heavy atom. The molecule has 1 fully saturated rings. The lowest BCUT2D eigenvalue weighted by Gasteiger charge is -2.32. The van der Waals surface area contributed by atoms with Gasteiger partial charge in [0.25, 0.3) is 0 Å². The first-order valence-electron chi connectivity index (χ1n) is 8.31. The van der Waals surface area contributed by atoms with Crippen molar-refractivity contribution in [3.05, 3.63) is 35.4 Å². The molecule has 0 radical (unpaired) electrons. The molecule has 25 heavy (non-hydrogen) atoms. The molecule has 2 rings (SSSR count). The van der Waals surface area contributed by atoms with Crippen LogP contribution in [0.2, 0.25) is 0 Å². The largest absolute Gasteiger partial charge is 0.416 e. The Labute approximate surface area is 145 Å². The van der Waals surface area contributed by atoms with Crippen molar-refractivity contribution in [1.29, 1.82) is 5.26 Å². The molecule has 7 heteroatoms. The monoisotopic (exact) mass is 353 g/mol. The average Bonchev–Trinajstić information content (AvgIpc) is 2.55. The highest BCUT2D eigenvalue weighted by molar-refractivity contribution is 5.79. The van der Waals surface area contributed by atoms with E-state index in [0.29, 0.717) is 24.9 Å². The maximum absolute atomic E-state index is 12.6. The smallest absolute Gasteiger partial charge is 0.337 e. The molecule has 1 aliphatic carbocycles. The number of nitriles is 1. The van der Waals surface area contributed by atoms with Crippen LogP contribution in [0, 0.1) is 11.3 Å². The zero-order valence-electron chi connectivity index (χ0n) is 14.2. The molecule has 1 aromatic carbocycles. The van der Waals surface area contributed by atoms with Crippen LogP contribution in [0.1, 0.15) is 43.2 Å². The lowest BCUT2D eigenvalue weighted by molar-refractivity contribution is -0.137. The number of hydrogen-bond donors (Lipinski definition) is 1. The number of benzene rings is 1. The molecule has 0 bridgehead atoms. The van der Waals surface area contributed by atoms with E-state index < -0.39 is 17.3 Å². The van der Waals surface area contributed by atoms with Gasteiger partial charge >= 0.3 is 6.18 Å². The normalized spacial score (nSPS) is 17.1. The summed E-state index contributed by atoms with van der Waals surface area (Å²) in [6.07, 6.45) is -0.0940. The van der Waals surface area contributed by atoms with Crippen molar-refractivity contribution in [3.8, 4) is 6.07 Å². The summed E-state index contributed by atoms with van der Waals surface area (Å²) in [7, 11) is 1.72. The molecule has 1 aliphatic rings. The summed E-state index contributed by atoms with van der Waals surface area (Å²) in [5.41, 5.74) is -0.772. The van der Waals surface area contributed by atoms with Crippen molar-refractivity contribution in [3.63, 3.8) is 0 Å². The summed E-state index contributed by atoms with van der Waals surface area (Å²) in [5, 5.41) is 12.2. The summed E-state index contributed by atoms with van der Waals surface area (Å²) >= 11 is 0. The zero-order valence-corrected chi connectivity index (χ0v) is 14.2. The predicted octanol–water partition coefficient (Wildman–Crippen LogP) is 3.48. The molecule has 4 nitrogen and oxygen atoms in total. The van der Waals surface area contributed by atoms with Crippen molar-refractivity contribution in [2.45, 2.75) is 50.4 Å². The molecule has 0 spiro atoms. The molecule has 136 valence electrons. The van der Waals surface area contributed by atoms with Gasteiger partial charge in [0.2, 0.25) is 5.91 Å². The quantitative estimate of drug-likeness (QED) is 0.882. The number of hydrogen-bond acceptors (Lipinski definition) is 3. The van der Waals surface area contributed by atoms with Crippen LogP contribution < -0.4 is 5.32 Å². The summed E-state index contributed by atoms with van der Waals surface area (Å²) < 4.78 is 37.7. The van der Waals surface area contributed by atoms with Crippen LogP contribution in [0.25, 0.3) is 0 Å². The van der Waals surface area contributed by atoms with E-state index in [1.54, 1.807) is 11.9 Å². The van der Waals surface area contributed by atoms with Crippen LogP contribution in [-0.4, -0.2) is 29.9 Å². The van der Waals surface area contributed by atoms with Gasteiger partial charge < -0.3 is 5.32 Å². The van der Waals surface area contributed by atoms with Crippen LogP contribution in [-0.2, 0) is 17.5 Å². The molecule has 1 amide bonds. The second-order valence-corrected chi connectivity index (χ2v) is 6.67. The van der Waals surface area contributed by atoms with Crippen LogP contribution in [0.15, 0.2) is 24.3 Å². The van der Waals surface area contributed by atoms with Gasteiger partial charge in [-0.1, -0.05) is 31.4 Å². The summed E-state index contributed by atoms with van der Waals surface area (Å²) in [4.78, 5) is 13.9. The summed E-state index contributed by atoms with van der Waals surface area (Å²) in [6, 6.07) is 7.13. The van der Waals surface area contributed by atoms with Gasteiger partial charge in [-0.3, -0.25) is 9.69 Å². The van der Waals surface area contributed by atoms with Crippen molar-refractivity contribution < 1.29 is 18.0 Å². The fourth-order valence-electron chi connectivity index (χ4n) is 3.14. The minimum Gasteiger partial charge on any atom is -0.337 e. The fraction of sp³-hybridized carbons (Fsp3) is 0.556. The molecule has 0 heterocycles. The Morgan fingerprint density at radius 3 is 2.36 bits per heavy atom. The van der Waals surface area contributed by atoms with Crippen molar-refractivity contribution in [1.82, 2.24) is 10.2 Å².